The number of hydrogen-bond donors (Lipinski definition) is 2. The fourth-order valence-corrected chi connectivity index (χ4v) is 2.47. The minimum absolute atomic E-state index is 0.446. The molecular weight excluding hydrogens is 264 g/mol. The minimum Gasteiger partial charge on any atom is -0.397 e. The largest absolute Gasteiger partial charge is 0.397 e. The molecule has 1 rings (SSSR count). The van der Waals surface area contributed by atoms with E-state index in [1.54, 1.807) is 12.1 Å². The molecule has 0 spiro atoms. The van der Waals surface area contributed by atoms with Crippen molar-refractivity contribution < 1.29 is 4.79 Å². The Labute approximate surface area is 127 Å². The maximum Gasteiger partial charge on any atom is 0.248 e. The van der Waals surface area contributed by atoms with E-state index in [9.17, 15) is 4.79 Å². The smallest absolute Gasteiger partial charge is 0.248 e. The lowest BCUT2D eigenvalue weighted by atomic mass is 10.1. The van der Waals surface area contributed by atoms with Crippen LogP contribution in [0.5, 0.6) is 0 Å². The van der Waals surface area contributed by atoms with E-state index in [1.807, 2.05) is 6.07 Å². The summed E-state index contributed by atoms with van der Waals surface area (Å²) < 4.78 is 0. The van der Waals surface area contributed by atoms with E-state index in [0.717, 1.165) is 44.8 Å². The standard InChI is InChI=1S/C16H28N4O/c1-4-19(5-2)10-7-11-20(6-3)15-9-8-13(16(18)21)12-14(15)17/h8-9,12H,4-7,10-11,17H2,1-3H3,(H2,18,21). The summed E-state index contributed by atoms with van der Waals surface area (Å²) in [5, 5.41) is 0. The Morgan fingerprint density at radius 1 is 1.10 bits per heavy atom. The highest BCUT2D eigenvalue weighted by atomic mass is 16.1. The lowest BCUT2D eigenvalue weighted by Gasteiger charge is -2.26. The molecule has 0 unspecified atom stereocenters. The highest BCUT2D eigenvalue weighted by Gasteiger charge is 2.11. The summed E-state index contributed by atoms with van der Waals surface area (Å²) in [4.78, 5) is 15.8. The van der Waals surface area contributed by atoms with Crippen LogP contribution in [0.4, 0.5) is 11.4 Å². The highest BCUT2D eigenvalue weighted by molar-refractivity contribution is 5.94. The van der Waals surface area contributed by atoms with Crippen molar-refractivity contribution in [1.29, 1.82) is 0 Å². The molecular formula is C16H28N4O. The second-order valence-electron chi connectivity index (χ2n) is 5.10. The summed E-state index contributed by atoms with van der Waals surface area (Å²) >= 11 is 0. The van der Waals surface area contributed by atoms with Gasteiger partial charge in [0.25, 0.3) is 0 Å². The number of nitrogen functional groups attached to an aromatic ring is 1. The number of hydrogen-bond acceptors (Lipinski definition) is 4. The third kappa shape index (κ3) is 4.93. The summed E-state index contributed by atoms with van der Waals surface area (Å²) in [6.45, 7) is 11.6. The van der Waals surface area contributed by atoms with Crippen LogP contribution >= 0.6 is 0 Å². The number of rotatable bonds is 9. The van der Waals surface area contributed by atoms with Crippen LogP contribution in [0.25, 0.3) is 0 Å². The SMILES string of the molecule is CCN(CC)CCCN(CC)c1ccc(C(N)=O)cc1N. The molecule has 1 aromatic rings. The fraction of sp³-hybridized carbons (Fsp3) is 0.562. The maximum absolute atomic E-state index is 11.2. The van der Waals surface area contributed by atoms with Crippen LogP contribution in [-0.2, 0) is 0 Å². The average molecular weight is 292 g/mol. The van der Waals surface area contributed by atoms with Gasteiger partial charge in [0.15, 0.2) is 0 Å². The zero-order valence-corrected chi connectivity index (χ0v) is 13.4. The van der Waals surface area contributed by atoms with Crippen molar-refractivity contribution in [3.8, 4) is 0 Å². The molecule has 0 saturated carbocycles. The molecule has 4 N–H and O–H groups in total. The van der Waals surface area contributed by atoms with Gasteiger partial charge in [0.05, 0.1) is 11.4 Å². The van der Waals surface area contributed by atoms with Gasteiger partial charge in [-0.2, -0.15) is 0 Å². The number of amides is 1. The van der Waals surface area contributed by atoms with E-state index >= 15 is 0 Å². The van der Waals surface area contributed by atoms with E-state index < -0.39 is 5.91 Å². The van der Waals surface area contributed by atoms with E-state index in [0.29, 0.717) is 11.3 Å². The quantitative estimate of drug-likeness (QED) is 0.682. The lowest BCUT2D eigenvalue weighted by Crippen LogP contribution is -2.30. The van der Waals surface area contributed by atoms with Crippen LogP contribution < -0.4 is 16.4 Å². The molecule has 0 heterocycles. The van der Waals surface area contributed by atoms with E-state index in [2.05, 4.69) is 30.6 Å². The molecule has 1 aromatic carbocycles. The van der Waals surface area contributed by atoms with Crippen LogP contribution in [0.2, 0.25) is 0 Å². The van der Waals surface area contributed by atoms with Gasteiger partial charge in [0, 0.05) is 18.7 Å². The van der Waals surface area contributed by atoms with Gasteiger partial charge in [-0.25, -0.2) is 0 Å². The van der Waals surface area contributed by atoms with Crippen LogP contribution in [-0.4, -0.2) is 43.5 Å². The molecule has 0 atom stereocenters. The van der Waals surface area contributed by atoms with Crippen LogP contribution in [0.1, 0.15) is 37.6 Å². The maximum atomic E-state index is 11.2. The number of nitrogens with zero attached hydrogens (tertiary/aromatic N) is 2. The third-order valence-electron chi connectivity index (χ3n) is 3.83. The second-order valence-corrected chi connectivity index (χ2v) is 5.10. The van der Waals surface area contributed by atoms with Crippen molar-refractivity contribution in [2.45, 2.75) is 27.2 Å². The average Bonchev–Trinajstić information content (AvgIpc) is 2.48. The Morgan fingerprint density at radius 2 is 1.76 bits per heavy atom. The summed E-state index contributed by atoms with van der Waals surface area (Å²) in [6.07, 6.45) is 1.09. The van der Waals surface area contributed by atoms with Gasteiger partial charge in [-0.3, -0.25) is 4.79 Å². The molecule has 0 bridgehead atoms. The molecule has 0 saturated heterocycles. The molecule has 0 aliphatic rings. The molecule has 1 amide bonds. The third-order valence-corrected chi connectivity index (χ3v) is 3.83. The number of carbonyl (C=O) groups is 1. The number of benzene rings is 1. The first-order valence-electron chi connectivity index (χ1n) is 7.70. The summed E-state index contributed by atoms with van der Waals surface area (Å²) in [6, 6.07) is 5.28. The summed E-state index contributed by atoms with van der Waals surface area (Å²) in [5.74, 6) is -0.446. The van der Waals surface area contributed by atoms with Crippen molar-refractivity contribution >= 4 is 17.3 Å². The zero-order valence-electron chi connectivity index (χ0n) is 13.4. The highest BCUT2D eigenvalue weighted by Crippen LogP contribution is 2.24. The molecule has 0 fully saturated rings. The number of anilines is 2. The molecule has 0 radical (unpaired) electrons. The molecule has 5 heteroatoms. The molecule has 0 aromatic heterocycles. The van der Waals surface area contributed by atoms with Gasteiger partial charge in [-0.1, -0.05) is 13.8 Å². The van der Waals surface area contributed by atoms with Crippen molar-refractivity contribution in [2.75, 3.05) is 43.4 Å². The van der Waals surface area contributed by atoms with Crippen molar-refractivity contribution in [2.24, 2.45) is 5.73 Å². The van der Waals surface area contributed by atoms with Gasteiger partial charge in [0.2, 0.25) is 5.91 Å². The van der Waals surface area contributed by atoms with Gasteiger partial charge in [-0.05, 0) is 51.2 Å². The van der Waals surface area contributed by atoms with Gasteiger partial charge in [0.1, 0.15) is 0 Å². The first-order chi connectivity index (χ1) is 10.0. The number of primary amides is 1. The van der Waals surface area contributed by atoms with Crippen molar-refractivity contribution in [3.63, 3.8) is 0 Å². The Morgan fingerprint density at radius 3 is 2.24 bits per heavy atom. The van der Waals surface area contributed by atoms with E-state index in [-0.39, 0.29) is 0 Å². The van der Waals surface area contributed by atoms with Crippen LogP contribution in [0, 0.1) is 0 Å². The van der Waals surface area contributed by atoms with Crippen LogP contribution in [0.3, 0.4) is 0 Å². The topological polar surface area (TPSA) is 75.6 Å². The van der Waals surface area contributed by atoms with Crippen LogP contribution in [0.15, 0.2) is 18.2 Å². The minimum atomic E-state index is -0.446. The first kappa shape index (κ1) is 17.3. The normalized spacial score (nSPS) is 10.9. The van der Waals surface area contributed by atoms with Gasteiger partial charge < -0.3 is 21.3 Å². The predicted molar refractivity (Wildman–Crippen MR) is 89.7 cm³/mol. The van der Waals surface area contributed by atoms with Gasteiger partial charge >= 0.3 is 0 Å². The van der Waals surface area contributed by atoms with E-state index in [4.69, 9.17) is 11.5 Å². The Kier molecular flexibility index (Phi) is 7.02. The molecule has 5 nitrogen and oxygen atoms in total. The molecule has 0 aliphatic heterocycles. The Bertz CT molecular complexity index is 458. The summed E-state index contributed by atoms with van der Waals surface area (Å²) in [7, 11) is 0. The summed E-state index contributed by atoms with van der Waals surface area (Å²) in [5.41, 5.74) is 13.4. The monoisotopic (exact) mass is 292 g/mol. The fourth-order valence-electron chi connectivity index (χ4n) is 2.47. The van der Waals surface area contributed by atoms with Gasteiger partial charge in [-0.15, -0.1) is 0 Å². The molecule has 118 valence electrons. The molecule has 21 heavy (non-hydrogen) atoms. The van der Waals surface area contributed by atoms with Crippen molar-refractivity contribution in [1.82, 2.24) is 4.90 Å². The van der Waals surface area contributed by atoms with Crippen molar-refractivity contribution in [3.05, 3.63) is 23.8 Å². The molecule has 0 aliphatic carbocycles. The predicted octanol–water partition coefficient (Wildman–Crippen LogP) is 1.93. The lowest BCUT2D eigenvalue weighted by molar-refractivity contribution is 0.100. The number of carbonyl (C=O) groups excluding carboxylic acids is 1. The Balaban J connectivity index is 2.69. The number of nitrogens with two attached hydrogens (primary N) is 2. The first-order valence-corrected chi connectivity index (χ1v) is 7.70. The zero-order chi connectivity index (χ0) is 15.8. The Hall–Kier alpha value is -1.75. The van der Waals surface area contributed by atoms with E-state index in [1.165, 1.54) is 0 Å². The second kappa shape index (κ2) is 8.52.